The molecule has 1 aliphatic heterocycles. The summed E-state index contributed by atoms with van der Waals surface area (Å²) in [5, 5.41) is 0. The van der Waals surface area contributed by atoms with Crippen LogP contribution in [0.3, 0.4) is 0 Å². The summed E-state index contributed by atoms with van der Waals surface area (Å²) in [4.78, 5) is 23.5. The summed E-state index contributed by atoms with van der Waals surface area (Å²) in [6, 6.07) is 10.9. The van der Waals surface area contributed by atoms with Crippen LogP contribution < -0.4 is 19.9 Å². The lowest BCUT2D eigenvalue weighted by Crippen LogP contribution is -2.41. The summed E-state index contributed by atoms with van der Waals surface area (Å²) in [5.74, 6) is 2.07. The average molecular weight is 408 g/mol. The molecule has 0 radical (unpaired) electrons. The fraction of sp³-hybridized carbons (Fsp3) is 0.318. The van der Waals surface area contributed by atoms with Crippen LogP contribution in [0, 0.1) is 0 Å². The van der Waals surface area contributed by atoms with E-state index in [1.807, 2.05) is 30.3 Å². The van der Waals surface area contributed by atoms with E-state index < -0.39 is 0 Å². The van der Waals surface area contributed by atoms with E-state index in [0.29, 0.717) is 31.3 Å². The highest BCUT2D eigenvalue weighted by atomic mass is 16.5. The highest BCUT2D eigenvalue weighted by Gasteiger charge is 2.27. The number of morpholine rings is 1. The van der Waals surface area contributed by atoms with Crippen molar-refractivity contribution in [2.24, 2.45) is 7.05 Å². The fourth-order valence-electron chi connectivity index (χ4n) is 3.59. The first-order chi connectivity index (χ1) is 14.6. The largest absolute Gasteiger partial charge is 0.497 e. The second-order valence-electron chi connectivity index (χ2n) is 6.99. The molecule has 3 heterocycles. The number of pyridine rings is 1. The maximum atomic E-state index is 12.6. The van der Waals surface area contributed by atoms with E-state index in [-0.39, 0.29) is 11.7 Å². The third kappa shape index (κ3) is 3.86. The van der Waals surface area contributed by atoms with E-state index in [9.17, 15) is 4.79 Å². The topological polar surface area (TPSA) is 78.7 Å². The van der Waals surface area contributed by atoms with Crippen molar-refractivity contribution in [2.75, 3.05) is 38.8 Å². The Bertz CT molecular complexity index is 1080. The Labute approximate surface area is 174 Å². The number of aromatic nitrogens is 3. The van der Waals surface area contributed by atoms with Crippen LogP contribution in [-0.4, -0.2) is 48.5 Å². The third-order valence-electron chi connectivity index (χ3n) is 5.22. The summed E-state index contributed by atoms with van der Waals surface area (Å²) in [6.07, 6.45) is 3.13. The minimum absolute atomic E-state index is 0.117. The predicted molar refractivity (Wildman–Crippen MR) is 113 cm³/mol. The molecule has 0 N–H and O–H groups in total. The maximum absolute atomic E-state index is 12.6. The van der Waals surface area contributed by atoms with Crippen LogP contribution in [0.2, 0.25) is 0 Å². The molecule has 30 heavy (non-hydrogen) atoms. The van der Waals surface area contributed by atoms with Crippen molar-refractivity contribution in [2.45, 2.75) is 6.10 Å². The fourth-order valence-corrected chi connectivity index (χ4v) is 3.59. The molecule has 1 aromatic carbocycles. The molecule has 8 heteroatoms. The summed E-state index contributed by atoms with van der Waals surface area (Å²) in [6.45, 7) is 1.66. The second kappa shape index (κ2) is 8.54. The van der Waals surface area contributed by atoms with Crippen LogP contribution >= 0.6 is 0 Å². The summed E-state index contributed by atoms with van der Waals surface area (Å²) in [7, 11) is 5.00. The van der Waals surface area contributed by atoms with Crippen molar-refractivity contribution in [3.63, 3.8) is 0 Å². The van der Waals surface area contributed by atoms with Gasteiger partial charge in [-0.25, -0.2) is 4.98 Å². The van der Waals surface area contributed by atoms with Gasteiger partial charge in [-0.2, -0.15) is 0 Å². The van der Waals surface area contributed by atoms with Crippen LogP contribution in [0.25, 0.3) is 11.3 Å². The van der Waals surface area contributed by atoms with Gasteiger partial charge in [-0.05, 0) is 30.3 Å². The molecular weight excluding hydrogens is 384 g/mol. The quantitative estimate of drug-likeness (QED) is 0.642. The molecule has 0 spiro atoms. The SMILES string of the molecule is COc1ccc(OC)c([C@H]2CN(c3nc(-c4ccncc4)cc(=O)n3C)CCO2)c1. The Hall–Kier alpha value is -3.39. The van der Waals surface area contributed by atoms with Crippen molar-refractivity contribution in [1.82, 2.24) is 14.5 Å². The van der Waals surface area contributed by atoms with Gasteiger partial charge in [0.15, 0.2) is 0 Å². The van der Waals surface area contributed by atoms with Crippen molar-refractivity contribution in [3.8, 4) is 22.8 Å². The minimum Gasteiger partial charge on any atom is -0.497 e. The lowest BCUT2D eigenvalue weighted by atomic mass is 10.1. The van der Waals surface area contributed by atoms with Gasteiger partial charge in [0.25, 0.3) is 5.56 Å². The van der Waals surface area contributed by atoms with Gasteiger partial charge in [-0.3, -0.25) is 14.3 Å². The van der Waals surface area contributed by atoms with Crippen LogP contribution in [-0.2, 0) is 11.8 Å². The van der Waals surface area contributed by atoms with E-state index in [1.54, 1.807) is 44.3 Å². The van der Waals surface area contributed by atoms with Crippen LogP contribution in [0.1, 0.15) is 11.7 Å². The number of nitrogens with zero attached hydrogens (tertiary/aromatic N) is 4. The molecule has 0 unspecified atom stereocenters. The van der Waals surface area contributed by atoms with Crippen molar-refractivity contribution in [1.29, 1.82) is 0 Å². The molecule has 2 aromatic heterocycles. The number of hydrogen-bond donors (Lipinski definition) is 0. The van der Waals surface area contributed by atoms with Gasteiger partial charge >= 0.3 is 0 Å². The lowest BCUT2D eigenvalue weighted by Gasteiger charge is -2.35. The van der Waals surface area contributed by atoms with E-state index in [0.717, 1.165) is 22.6 Å². The monoisotopic (exact) mass is 408 g/mol. The molecular formula is C22H24N4O4. The predicted octanol–water partition coefficient (Wildman–Crippen LogP) is 2.44. The summed E-state index contributed by atoms with van der Waals surface area (Å²) < 4.78 is 18.5. The molecule has 8 nitrogen and oxygen atoms in total. The number of methoxy groups -OCH3 is 2. The van der Waals surface area contributed by atoms with E-state index in [2.05, 4.69) is 9.88 Å². The molecule has 4 rings (SSSR count). The summed E-state index contributed by atoms with van der Waals surface area (Å²) in [5.41, 5.74) is 2.26. The Morgan fingerprint density at radius 3 is 2.63 bits per heavy atom. The molecule has 0 amide bonds. The molecule has 3 aromatic rings. The standard InChI is InChI=1S/C22H24N4O4/c1-25-21(27)13-18(15-6-8-23-9-7-15)24-22(25)26-10-11-30-20(14-26)17-12-16(28-2)4-5-19(17)29-3/h4-9,12-13,20H,10-11,14H2,1-3H3/t20-/m1/s1. The zero-order valence-corrected chi connectivity index (χ0v) is 17.2. The molecule has 0 aliphatic carbocycles. The Balaban J connectivity index is 1.69. The van der Waals surface area contributed by atoms with E-state index in [4.69, 9.17) is 19.2 Å². The van der Waals surface area contributed by atoms with Gasteiger partial charge in [-0.15, -0.1) is 0 Å². The Morgan fingerprint density at radius 1 is 1.10 bits per heavy atom. The molecule has 1 aliphatic rings. The van der Waals surface area contributed by atoms with Crippen molar-refractivity contribution in [3.05, 3.63) is 64.7 Å². The smallest absolute Gasteiger partial charge is 0.255 e. The van der Waals surface area contributed by atoms with Crippen LogP contribution in [0.5, 0.6) is 11.5 Å². The maximum Gasteiger partial charge on any atom is 0.255 e. The van der Waals surface area contributed by atoms with Crippen LogP contribution in [0.15, 0.2) is 53.6 Å². The molecule has 1 fully saturated rings. The van der Waals surface area contributed by atoms with Gasteiger partial charge < -0.3 is 19.1 Å². The normalized spacial score (nSPS) is 16.4. The zero-order valence-electron chi connectivity index (χ0n) is 17.2. The number of rotatable bonds is 5. The summed E-state index contributed by atoms with van der Waals surface area (Å²) >= 11 is 0. The lowest BCUT2D eigenvalue weighted by molar-refractivity contribution is 0.0373. The second-order valence-corrected chi connectivity index (χ2v) is 6.99. The molecule has 0 saturated carbocycles. The van der Waals surface area contributed by atoms with E-state index >= 15 is 0 Å². The number of hydrogen-bond acceptors (Lipinski definition) is 7. The number of benzene rings is 1. The molecule has 1 saturated heterocycles. The molecule has 1 atom stereocenters. The van der Waals surface area contributed by atoms with Gasteiger partial charge in [0.1, 0.15) is 17.6 Å². The molecule has 156 valence electrons. The van der Waals surface area contributed by atoms with Crippen molar-refractivity contribution < 1.29 is 14.2 Å². The first-order valence-corrected chi connectivity index (χ1v) is 9.67. The Morgan fingerprint density at radius 2 is 1.90 bits per heavy atom. The highest BCUT2D eigenvalue weighted by molar-refractivity contribution is 5.59. The average Bonchev–Trinajstić information content (AvgIpc) is 2.81. The highest BCUT2D eigenvalue weighted by Crippen LogP contribution is 2.34. The van der Waals surface area contributed by atoms with Crippen LogP contribution in [0.4, 0.5) is 5.95 Å². The first kappa shape index (κ1) is 19.9. The van der Waals surface area contributed by atoms with Crippen molar-refractivity contribution >= 4 is 5.95 Å². The minimum atomic E-state index is -0.245. The van der Waals surface area contributed by atoms with Gasteiger partial charge in [0, 0.05) is 43.2 Å². The zero-order chi connectivity index (χ0) is 21.1. The first-order valence-electron chi connectivity index (χ1n) is 9.67. The Kier molecular flexibility index (Phi) is 5.67. The molecule has 0 bridgehead atoms. The number of anilines is 1. The van der Waals surface area contributed by atoms with Gasteiger partial charge in [0.2, 0.25) is 5.95 Å². The third-order valence-corrected chi connectivity index (χ3v) is 5.22. The van der Waals surface area contributed by atoms with Gasteiger partial charge in [0.05, 0.1) is 33.1 Å². The number of ether oxygens (including phenoxy) is 3. The van der Waals surface area contributed by atoms with E-state index in [1.165, 1.54) is 0 Å². The van der Waals surface area contributed by atoms with Gasteiger partial charge in [-0.1, -0.05) is 0 Å².